The summed E-state index contributed by atoms with van der Waals surface area (Å²) in [5.41, 5.74) is 0. The number of carbonyl (C=O) groups is 1. The van der Waals surface area contributed by atoms with Crippen LogP contribution < -0.4 is 0 Å². The van der Waals surface area contributed by atoms with Crippen LogP contribution in [-0.4, -0.2) is 35.0 Å². The number of hydrogen-bond acceptors (Lipinski definition) is 3. The number of ether oxygens (including phenoxy) is 1. The standard InChI is InChI=1S/C6H12O4/c1-3-10-5(4(2)7)6(8)9/h4-5,7H,3H2,1-2H3,(H,8,9). The molecule has 0 aromatic heterocycles. The highest BCUT2D eigenvalue weighted by atomic mass is 16.5. The maximum Gasteiger partial charge on any atom is 0.335 e. The van der Waals surface area contributed by atoms with Gasteiger partial charge in [-0.1, -0.05) is 0 Å². The van der Waals surface area contributed by atoms with Gasteiger partial charge in [0.2, 0.25) is 0 Å². The molecule has 0 aromatic carbocycles. The SMILES string of the molecule is CCOC(C(=O)O)C(C)O. The molecule has 2 N–H and O–H groups in total. The van der Waals surface area contributed by atoms with E-state index in [0.29, 0.717) is 6.61 Å². The van der Waals surface area contributed by atoms with Gasteiger partial charge in [0, 0.05) is 6.61 Å². The van der Waals surface area contributed by atoms with Gasteiger partial charge in [0.05, 0.1) is 6.10 Å². The fourth-order valence-electron chi connectivity index (χ4n) is 0.596. The maximum absolute atomic E-state index is 10.2. The van der Waals surface area contributed by atoms with Crippen LogP contribution in [0.4, 0.5) is 0 Å². The summed E-state index contributed by atoms with van der Waals surface area (Å²) in [6, 6.07) is 0. The van der Waals surface area contributed by atoms with Crippen molar-refractivity contribution in [2.75, 3.05) is 6.61 Å². The highest BCUT2D eigenvalue weighted by Gasteiger charge is 2.22. The van der Waals surface area contributed by atoms with Crippen LogP contribution in [0.2, 0.25) is 0 Å². The molecule has 0 aliphatic carbocycles. The molecule has 60 valence electrons. The van der Waals surface area contributed by atoms with E-state index in [4.69, 9.17) is 14.9 Å². The normalized spacial score (nSPS) is 16.3. The zero-order valence-corrected chi connectivity index (χ0v) is 6.07. The third-order valence-electron chi connectivity index (χ3n) is 1.03. The Labute approximate surface area is 59.4 Å². The Morgan fingerprint density at radius 1 is 1.70 bits per heavy atom. The minimum Gasteiger partial charge on any atom is -0.479 e. The van der Waals surface area contributed by atoms with Crippen molar-refractivity contribution in [3.63, 3.8) is 0 Å². The average Bonchev–Trinajstić information content (AvgIpc) is 1.81. The van der Waals surface area contributed by atoms with Crippen molar-refractivity contribution in [2.24, 2.45) is 0 Å². The van der Waals surface area contributed by atoms with Crippen molar-refractivity contribution in [1.29, 1.82) is 0 Å². The molecule has 0 aliphatic rings. The van der Waals surface area contributed by atoms with Gasteiger partial charge in [-0.25, -0.2) is 4.79 Å². The quantitative estimate of drug-likeness (QED) is 0.582. The Balaban J connectivity index is 3.85. The molecule has 0 rings (SSSR count). The molecule has 0 spiro atoms. The Bertz CT molecular complexity index is 110. The smallest absolute Gasteiger partial charge is 0.335 e. The molecule has 4 heteroatoms. The lowest BCUT2D eigenvalue weighted by atomic mass is 10.2. The van der Waals surface area contributed by atoms with Crippen LogP contribution in [0.5, 0.6) is 0 Å². The van der Waals surface area contributed by atoms with Crippen LogP contribution in [-0.2, 0) is 9.53 Å². The van der Waals surface area contributed by atoms with E-state index in [1.807, 2.05) is 0 Å². The fraction of sp³-hybridized carbons (Fsp3) is 0.833. The number of carboxylic acids is 1. The van der Waals surface area contributed by atoms with Crippen molar-refractivity contribution < 1.29 is 19.7 Å². The van der Waals surface area contributed by atoms with Crippen molar-refractivity contribution in [3.8, 4) is 0 Å². The molecule has 10 heavy (non-hydrogen) atoms. The zero-order valence-electron chi connectivity index (χ0n) is 6.07. The third-order valence-corrected chi connectivity index (χ3v) is 1.03. The van der Waals surface area contributed by atoms with E-state index >= 15 is 0 Å². The van der Waals surface area contributed by atoms with Crippen LogP contribution >= 0.6 is 0 Å². The van der Waals surface area contributed by atoms with Gasteiger partial charge in [-0.3, -0.25) is 0 Å². The molecule has 0 saturated heterocycles. The highest BCUT2D eigenvalue weighted by Crippen LogP contribution is 1.98. The summed E-state index contributed by atoms with van der Waals surface area (Å²) in [5.74, 6) is -1.13. The van der Waals surface area contributed by atoms with Crippen molar-refractivity contribution in [2.45, 2.75) is 26.1 Å². The van der Waals surface area contributed by atoms with E-state index in [2.05, 4.69) is 0 Å². The van der Waals surface area contributed by atoms with Crippen molar-refractivity contribution in [1.82, 2.24) is 0 Å². The molecule has 0 fully saturated rings. The summed E-state index contributed by atoms with van der Waals surface area (Å²) in [7, 11) is 0. The van der Waals surface area contributed by atoms with E-state index in [9.17, 15) is 4.79 Å². The van der Waals surface area contributed by atoms with Crippen LogP contribution in [0.3, 0.4) is 0 Å². The molecule has 2 atom stereocenters. The monoisotopic (exact) mass is 148 g/mol. The second kappa shape index (κ2) is 4.24. The van der Waals surface area contributed by atoms with Crippen molar-refractivity contribution in [3.05, 3.63) is 0 Å². The van der Waals surface area contributed by atoms with Crippen LogP contribution in [0.1, 0.15) is 13.8 Å². The van der Waals surface area contributed by atoms with Crippen LogP contribution in [0.25, 0.3) is 0 Å². The van der Waals surface area contributed by atoms with Gasteiger partial charge in [0.25, 0.3) is 0 Å². The first kappa shape index (κ1) is 9.39. The lowest BCUT2D eigenvalue weighted by Crippen LogP contribution is -2.34. The molecular formula is C6H12O4. The van der Waals surface area contributed by atoms with E-state index in [-0.39, 0.29) is 0 Å². The van der Waals surface area contributed by atoms with E-state index in [1.54, 1.807) is 6.92 Å². The second-order valence-electron chi connectivity index (χ2n) is 1.95. The first-order valence-electron chi connectivity index (χ1n) is 3.12. The molecular weight excluding hydrogens is 136 g/mol. The lowest BCUT2D eigenvalue weighted by Gasteiger charge is -2.14. The molecule has 0 saturated carbocycles. The Kier molecular flexibility index (Phi) is 3.99. The van der Waals surface area contributed by atoms with Gasteiger partial charge in [-0.05, 0) is 13.8 Å². The lowest BCUT2D eigenvalue weighted by molar-refractivity contribution is -0.156. The Hall–Kier alpha value is -0.610. The predicted molar refractivity (Wildman–Crippen MR) is 34.7 cm³/mol. The molecule has 0 aromatic rings. The number of carboxylic acid groups (broad SMARTS) is 1. The summed E-state index contributed by atoms with van der Waals surface area (Å²) in [6.45, 7) is 3.36. The van der Waals surface area contributed by atoms with Crippen LogP contribution in [0.15, 0.2) is 0 Å². The van der Waals surface area contributed by atoms with Gasteiger partial charge in [-0.15, -0.1) is 0 Å². The first-order valence-corrected chi connectivity index (χ1v) is 3.12. The largest absolute Gasteiger partial charge is 0.479 e. The van der Waals surface area contributed by atoms with Crippen LogP contribution in [0, 0.1) is 0 Å². The number of aliphatic hydroxyl groups is 1. The van der Waals surface area contributed by atoms with Gasteiger partial charge in [-0.2, -0.15) is 0 Å². The molecule has 0 aliphatic heterocycles. The molecule has 0 amide bonds. The number of rotatable bonds is 4. The van der Waals surface area contributed by atoms with E-state index in [0.717, 1.165) is 0 Å². The molecule has 0 heterocycles. The Morgan fingerprint density at radius 2 is 2.20 bits per heavy atom. The Morgan fingerprint density at radius 3 is 2.30 bits per heavy atom. The summed E-state index contributed by atoms with van der Waals surface area (Å²) < 4.78 is 4.72. The fourth-order valence-corrected chi connectivity index (χ4v) is 0.596. The number of aliphatic hydroxyl groups excluding tert-OH is 1. The third kappa shape index (κ3) is 2.80. The number of aliphatic carboxylic acids is 1. The van der Waals surface area contributed by atoms with Gasteiger partial charge >= 0.3 is 5.97 Å². The second-order valence-corrected chi connectivity index (χ2v) is 1.95. The zero-order chi connectivity index (χ0) is 8.15. The first-order chi connectivity index (χ1) is 4.59. The average molecular weight is 148 g/mol. The topological polar surface area (TPSA) is 66.8 Å². The molecule has 0 bridgehead atoms. The maximum atomic E-state index is 10.2. The van der Waals surface area contributed by atoms with Crippen molar-refractivity contribution >= 4 is 5.97 Å². The minimum atomic E-state index is -1.13. The van der Waals surface area contributed by atoms with Gasteiger partial charge < -0.3 is 14.9 Å². The summed E-state index contributed by atoms with van der Waals surface area (Å²) in [5, 5.41) is 17.2. The summed E-state index contributed by atoms with van der Waals surface area (Å²) in [4.78, 5) is 10.2. The molecule has 2 unspecified atom stereocenters. The number of hydrogen-bond donors (Lipinski definition) is 2. The summed E-state index contributed by atoms with van der Waals surface area (Å²) in [6.07, 6.45) is -2.05. The minimum absolute atomic E-state index is 0.294. The molecule has 4 nitrogen and oxygen atoms in total. The van der Waals surface area contributed by atoms with Gasteiger partial charge in [0.15, 0.2) is 6.10 Å². The highest BCUT2D eigenvalue weighted by molar-refractivity contribution is 5.72. The summed E-state index contributed by atoms with van der Waals surface area (Å²) >= 11 is 0. The predicted octanol–water partition coefficient (Wildman–Crippen LogP) is -0.143. The van der Waals surface area contributed by atoms with Gasteiger partial charge in [0.1, 0.15) is 0 Å². The van der Waals surface area contributed by atoms with E-state index in [1.165, 1.54) is 6.92 Å². The molecule has 0 radical (unpaired) electrons. The van der Waals surface area contributed by atoms with E-state index < -0.39 is 18.2 Å².